The van der Waals surface area contributed by atoms with Crippen molar-refractivity contribution >= 4 is 53.9 Å². The number of azo groups is 1. The minimum atomic E-state index is 0.434. The third-order valence-electron chi connectivity index (χ3n) is 2.18. The molecule has 98 valence electrons. The Hall–Kier alpha value is -0.200. The molecule has 1 aromatic rings. The topological polar surface area (TPSA) is 38.4 Å². The normalized spacial score (nSPS) is 12.3. The van der Waals surface area contributed by atoms with E-state index in [-0.39, 0.29) is 0 Å². The Morgan fingerprint density at radius 2 is 1.89 bits per heavy atom. The molecule has 3 nitrogen and oxygen atoms in total. The van der Waals surface area contributed by atoms with Crippen molar-refractivity contribution < 1.29 is 4.86 Å². The van der Waals surface area contributed by atoms with Gasteiger partial charge in [0.05, 0.1) is 6.20 Å². The van der Waals surface area contributed by atoms with Crippen LogP contribution >= 0.6 is 47.8 Å². The number of hydroxylamine groups is 1. The standard InChI is InChI=1S/C12H13Br3N2O/c1-2-3-6-17(18)16-5-4-10-11(14)7-9(13)8-12(10)15/h4-5,7-8H,2-3,6H2,1H3/b5-4+,17-16?. The number of benzene rings is 1. The first-order chi connectivity index (χ1) is 8.54. The number of hydrogen-bond acceptors (Lipinski definition) is 2. The van der Waals surface area contributed by atoms with Gasteiger partial charge < -0.3 is 5.21 Å². The average Bonchev–Trinajstić information content (AvgIpc) is 2.29. The van der Waals surface area contributed by atoms with Crippen LogP contribution in [0.25, 0.3) is 6.08 Å². The third-order valence-corrected chi connectivity index (χ3v) is 3.95. The van der Waals surface area contributed by atoms with E-state index in [1.54, 1.807) is 6.08 Å². The molecule has 0 amide bonds. The number of rotatable bonds is 5. The van der Waals surface area contributed by atoms with Crippen molar-refractivity contribution in [3.8, 4) is 0 Å². The fourth-order valence-corrected chi connectivity index (χ4v) is 3.77. The van der Waals surface area contributed by atoms with Gasteiger partial charge in [-0.05, 0) is 23.3 Å². The van der Waals surface area contributed by atoms with E-state index in [4.69, 9.17) is 0 Å². The summed E-state index contributed by atoms with van der Waals surface area (Å²) in [5, 5.41) is 15.1. The average molecular weight is 441 g/mol. The maximum absolute atomic E-state index is 11.3. The molecular weight excluding hydrogens is 428 g/mol. The summed E-state index contributed by atoms with van der Waals surface area (Å²) >= 11 is 10.3. The van der Waals surface area contributed by atoms with E-state index in [1.165, 1.54) is 6.20 Å². The predicted octanol–water partition coefficient (Wildman–Crippen LogP) is 5.71. The van der Waals surface area contributed by atoms with Crippen LogP contribution in [0.4, 0.5) is 0 Å². The van der Waals surface area contributed by atoms with Crippen LogP contribution < -0.4 is 0 Å². The second kappa shape index (κ2) is 8.07. The van der Waals surface area contributed by atoms with Crippen molar-refractivity contribution in [3.63, 3.8) is 0 Å². The largest absolute Gasteiger partial charge is 0.600 e. The van der Waals surface area contributed by atoms with Gasteiger partial charge in [-0.2, -0.15) is 0 Å². The molecule has 1 rings (SSSR count). The monoisotopic (exact) mass is 438 g/mol. The van der Waals surface area contributed by atoms with Gasteiger partial charge in [-0.15, -0.1) is 0 Å². The second-order valence-electron chi connectivity index (χ2n) is 3.64. The molecule has 0 atom stereocenters. The summed E-state index contributed by atoms with van der Waals surface area (Å²) in [6, 6.07) is 3.88. The number of halogens is 3. The lowest BCUT2D eigenvalue weighted by atomic mass is 10.2. The lowest BCUT2D eigenvalue weighted by Gasteiger charge is -2.02. The molecule has 0 heterocycles. The first-order valence-electron chi connectivity index (χ1n) is 5.51. The summed E-state index contributed by atoms with van der Waals surface area (Å²) in [6.07, 6.45) is 5.15. The summed E-state index contributed by atoms with van der Waals surface area (Å²) in [5.41, 5.74) is 0.950. The van der Waals surface area contributed by atoms with Crippen LogP contribution in [0.15, 0.2) is 36.9 Å². The van der Waals surface area contributed by atoms with Crippen LogP contribution in [0.3, 0.4) is 0 Å². The van der Waals surface area contributed by atoms with Gasteiger partial charge in [-0.3, -0.25) is 0 Å². The highest BCUT2D eigenvalue weighted by Crippen LogP contribution is 2.30. The van der Waals surface area contributed by atoms with Crippen LogP contribution in [-0.2, 0) is 0 Å². The van der Waals surface area contributed by atoms with E-state index in [9.17, 15) is 5.21 Å². The first kappa shape index (κ1) is 15.9. The minimum Gasteiger partial charge on any atom is -0.600 e. The van der Waals surface area contributed by atoms with Crippen molar-refractivity contribution in [2.24, 2.45) is 5.11 Å². The van der Waals surface area contributed by atoms with Gasteiger partial charge in [0.2, 0.25) is 0 Å². The molecule has 0 fully saturated rings. The Morgan fingerprint density at radius 3 is 2.44 bits per heavy atom. The van der Waals surface area contributed by atoms with Crippen molar-refractivity contribution in [1.29, 1.82) is 0 Å². The maximum Gasteiger partial charge on any atom is 0.180 e. The van der Waals surface area contributed by atoms with Crippen molar-refractivity contribution in [1.82, 2.24) is 0 Å². The van der Waals surface area contributed by atoms with E-state index in [2.05, 4.69) is 52.9 Å². The smallest absolute Gasteiger partial charge is 0.180 e. The highest BCUT2D eigenvalue weighted by atomic mass is 79.9. The van der Waals surface area contributed by atoms with Gasteiger partial charge in [0.15, 0.2) is 6.54 Å². The molecule has 0 aliphatic heterocycles. The maximum atomic E-state index is 11.3. The zero-order valence-corrected chi connectivity index (χ0v) is 14.6. The van der Waals surface area contributed by atoms with Crippen molar-refractivity contribution in [2.75, 3.05) is 6.54 Å². The number of unbranched alkanes of at least 4 members (excludes halogenated alkanes) is 1. The highest BCUT2D eigenvalue weighted by molar-refractivity contribution is 9.11. The Morgan fingerprint density at radius 1 is 1.28 bits per heavy atom. The molecule has 0 saturated heterocycles. The highest BCUT2D eigenvalue weighted by Gasteiger charge is 2.03. The van der Waals surface area contributed by atoms with Gasteiger partial charge in [-0.1, -0.05) is 66.0 Å². The molecular formula is C12H13Br3N2O. The molecule has 0 radical (unpaired) electrons. The Kier molecular flexibility index (Phi) is 7.11. The van der Waals surface area contributed by atoms with Crippen LogP contribution in [-0.4, -0.2) is 11.4 Å². The van der Waals surface area contributed by atoms with Gasteiger partial charge in [-0.25, -0.2) is 0 Å². The van der Waals surface area contributed by atoms with Crippen LogP contribution in [0.2, 0.25) is 0 Å². The summed E-state index contributed by atoms with van der Waals surface area (Å²) in [6.45, 7) is 2.48. The van der Waals surface area contributed by atoms with E-state index < -0.39 is 0 Å². The molecule has 0 aromatic heterocycles. The molecule has 0 spiro atoms. The zero-order valence-electron chi connectivity index (χ0n) is 9.87. The third kappa shape index (κ3) is 5.20. The Balaban J connectivity index is 2.79. The summed E-state index contributed by atoms with van der Waals surface area (Å²) < 4.78 is 2.84. The molecule has 18 heavy (non-hydrogen) atoms. The van der Waals surface area contributed by atoms with Crippen LogP contribution in [0, 0.1) is 5.21 Å². The quantitative estimate of drug-likeness (QED) is 0.328. The molecule has 0 N–H and O–H groups in total. The fourth-order valence-electron chi connectivity index (χ4n) is 1.25. The summed E-state index contributed by atoms with van der Waals surface area (Å²) in [5.74, 6) is 0. The predicted molar refractivity (Wildman–Crippen MR) is 84.4 cm³/mol. The number of hydrogen-bond donors (Lipinski definition) is 0. The van der Waals surface area contributed by atoms with E-state index >= 15 is 0 Å². The molecule has 6 heteroatoms. The van der Waals surface area contributed by atoms with Gasteiger partial charge in [0, 0.05) is 25.4 Å². The molecule has 0 aliphatic rings. The molecule has 0 bridgehead atoms. The van der Waals surface area contributed by atoms with Gasteiger partial charge in [0.25, 0.3) is 0 Å². The van der Waals surface area contributed by atoms with E-state index in [0.29, 0.717) is 11.4 Å². The SMILES string of the molecule is CCCC[N+]([O-])=N/C=C/c1c(Br)cc(Br)cc1Br. The van der Waals surface area contributed by atoms with Crippen molar-refractivity contribution in [2.45, 2.75) is 19.8 Å². The van der Waals surface area contributed by atoms with E-state index in [1.807, 2.05) is 19.1 Å². The second-order valence-corrected chi connectivity index (χ2v) is 6.27. The summed E-state index contributed by atoms with van der Waals surface area (Å²) in [4.78, 5) is 0.709. The lowest BCUT2D eigenvalue weighted by molar-refractivity contribution is -0.526. The minimum absolute atomic E-state index is 0.434. The summed E-state index contributed by atoms with van der Waals surface area (Å²) in [7, 11) is 0. The van der Waals surface area contributed by atoms with E-state index in [0.717, 1.165) is 31.8 Å². The lowest BCUT2D eigenvalue weighted by Crippen LogP contribution is -2.00. The molecule has 1 aromatic carbocycles. The van der Waals surface area contributed by atoms with Crippen molar-refractivity contribution in [3.05, 3.63) is 42.5 Å². The van der Waals surface area contributed by atoms with Crippen LogP contribution in [0.1, 0.15) is 25.3 Å². The molecule has 0 saturated carbocycles. The fraction of sp³-hybridized carbons (Fsp3) is 0.333. The number of nitrogens with zero attached hydrogens (tertiary/aromatic N) is 2. The Bertz CT molecular complexity index is 449. The Labute approximate surface area is 132 Å². The van der Waals surface area contributed by atoms with Crippen LogP contribution in [0.5, 0.6) is 0 Å². The zero-order chi connectivity index (χ0) is 13.5. The van der Waals surface area contributed by atoms with Gasteiger partial charge >= 0.3 is 0 Å². The van der Waals surface area contributed by atoms with Gasteiger partial charge in [0.1, 0.15) is 0 Å². The molecule has 0 unspecified atom stereocenters. The molecule has 0 aliphatic carbocycles. The first-order valence-corrected chi connectivity index (χ1v) is 7.89.